The summed E-state index contributed by atoms with van der Waals surface area (Å²) in [6.45, 7) is 6.51. The Balaban J connectivity index is 2.37. The summed E-state index contributed by atoms with van der Waals surface area (Å²) in [7, 11) is 1.68. The molecule has 0 amide bonds. The molecule has 0 saturated carbocycles. The van der Waals surface area contributed by atoms with Crippen molar-refractivity contribution in [3.05, 3.63) is 33.0 Å². The molecule has 0 saturated heterocycles. The van der Waals surface area contributed by atoms with Crippen molar-refractivity contribution >= 4 is 38.5 Å². The topological polar surface area (TPSA) is 34.4 Å². The molecule has 1 aromatic heterocycles. The normalized spacial score (nSPS) is 11.7. The molecule has 0 bridgehead atoms. The Morgan fingerprint density at radius 3 is 2.80 bits per heavy atom. The van der Waals surface area contributed by atoms with E-state index >= 15 is 0 Å². The molecule has 0 unspecified atom stereocenters. The molecular weight excluding hydrogens is 342 g/mol. The number of furan rings is 1. The number of benzene rings is 1. The fourth-order valence-corrected chi connectivity index (χ4v) is 3.03. The standard InChI is InChI=1S/C15H19BrClNO2/c1-9(2)6-18-7-14-12(8-19-3)11-4-10(17)5-13(16)15(11)20-14/h4-5,9,18H,6-8H2,1-3H3. The minimum atomic E-state index is 0.512. The number of hydrogen-bond donors (Lipinski definition) is 1. The third-order valence-corrected chi connectivity index (χ3v) is 3.83. The highest BCUT2D eigenvalue weighted by molar-refractivity contribution is 9.10. The number of methoxy groups -OCH3 is 1. The Morgan fingerprint density at radius 2 is 2.15 bits per heavy atom. The van der Waals surface area contributed by atoms with E-state index in [1.165, 1.54) is 0 Å². The van der Waals surface area contributed by atoms with Crippen molar-refractivity contribution in [1.29, 1.82) is 0 Å². The molecule has 3 nitrogen and oxygen atoms in total. The van der Waals surface area contributed by atoms with Gasteiger partial charge in [-0.2, -0.15) is 0 Å². The molecule has 110 valence electrons. The molecule has 0 aliphatic rings. The average Bonchev–Trinajstić information content (AvgIpc) is 2.69. The van der Waals surface area contributed by atoms with Crippen LogP contribution in [0, 0.1) is 5.92 Å². The summed E-state index contributed by atoms with van der Waals surface area (Å²) in [5, 5.41) is 5.09. The lowest BCUT2D eigenvalue weighted by Gasteiger charge is -2.07. The van der Waals surface area contributed by atoms with E-state index in [1.54, 1.807) is 7.11 Å². The summed E-state index contributed by atoms with van der Waals surface area (Å²) in [6.07, 6.45) is 0. The number of hydrogen-bond acceptors (Lipinski definition) is 3. The van der Waals surface area contributed by atoms with Crippen LogP contribution in [0.15, 0.2) is 21.0 Å². The van der Waals surface area contributed by atoms with Gasteiger partial charge in [0.2, 0.25) is 0 Å². The molecule has 0 aliphatic heterocycles. The molecule has 5 heteroatoms. The lowest BCUT2D eigenvalue weighted by atomic mass is 10.1. The van der Waals surface area contributed by atoms with Crippen LogP contribution in [-0.4, -0.2) is 13.7 Å². The minimum absolute atomic E-state index is 0.512. The lowest BCUT2D eigenvalue weighted by molar-refractivity contribution is 0.183. The third-order valence-electron chi connectivity index (χ3n) is 3.02. The van der Waals surface area contributed by atoms with E-state index < -0.39 is 0 Å². The molecule has 1 heterocycles. The van der Waals surface area contributed by atoms with E-state index in [2.05, 4.69) is 35.1 Å². The van der Waals surface area contributed by atoms with Crippen LogP contribution >= 0.6 is 27.5 Å². The van der Waals surface area contributed by atoms with Crippen molar-refractivity contribution in [2.24, 2.45) is 5.92 Å². The second-order valence-electron chi connectivity index (χ2n) is 5.23. The van der Waals surface area contributed by atoms with Crippen molar-refractivity contribution in [2.45, 2.75) is 27.0 Å². The van der Waals surface area contributed by atoms with Gasteiger partial charge >= 0.3 is 0 Å². The van der Waals surface area contributed by atoms with Gasteiger partial charge in [0.25, 0.3) is 0 Å². The van der Waals surface area contributed by atoms with Gasteiger partial charge < -0.3 is 14.5 Å². The number of nitrogens with one attached hydrogen (secondary N) is 1. The first kappa shape index (κ1) is 15.8. The van der Waals surface area contributed by atoms with Crippen LogP contribution in [0.25, 0.3) is 11.0 Å². The van der Waals surface area contributed by atoms with Crippen LogP contribution in [0.2, 0.25) is 5.02 Å². The number of rotatable bonds is 6. The van der Waals surface area contributed by atoms with Gasteiger partial charge in [-0.15, -0.1) is 0 Å². The molecule has 0 aliphatic carbocycles. The van der Waals surface area contributed by atoms with E-state index in [4.69, 9.17) is 20.8 Å². The van der Waals surface area contributed by atoms with Crippen molar-refractivity contribution in [3.63, 3.8) is 0 Å². The van der Waals surface area contributed by atoms with Crippen molar-refractivity contribution in [2.75, 3.05) is 13.7 Å². The maximum atomic E-state index is 6.12. The van der Waals surface area contributed by atoms with Gasteiger partial charge in [-0.05, 0) is 40.5 Å². The molecule has 2 rings (SSSR count). The second-order valence-corrected chi connectivity index (χ2v) is 6.52. The first-order chi connectivity index (χ1) is 9.52. The monoisotopic (exact) mass is 359 g/mol. The fourth-order valence-electron chi connectivity index (χ4n) is 2.14. The quantitative estimate of drug-likeness (QED) is 0.808. The summed E-state index contributed by atoms with van der Waals surface area (Å²) >= 11 is 9.62. The highest BCUT2D eigenvalue weighted by Gasteiger charge is 2.16. The summed E-state index contributed by atoms with van der Waals surface area (Å²) in [4.78, 5) is 0. The zero-order valence-electron chi connectivity index (χ0n) is 11.9. The van der Waals surface area contributed by atoms with E-state index in [9.17, 15) is 0 Å². The number of ether oxygens (including phenoxy) is 1. The molecule has 20 heavy (non-hydrogen) atoms. The first-order valence-electron chi connectivity index (χ1n) is 6.61. The van der Waals surface area contributed by atoms with Gasteiger partial charge in [0.1, 0.15) is 11.3 Å². The highest BCUT2D eigenvalue weighted by Crippen LogP contribution is 2.34. The van der Waals surface area contributed by atoms with E-state index in [1.807, 2.05) is 12.1 Å². The first-order valence-corrected chi connectivity index (χ1v) is 7.79. The Hall–Kier alpha value is -0.550. The van der Waals surface area contributed by atoms with Gasteiger partial charge in [-0.3, -0.25) is 0 Å². The number of fused-ring (bicyclic) bond motifs is 1. The van der Waals surface area contributed by atoms with E-state index in [-0.39, 0.29) is 0 Å². The van der Waals surface area contributed by atoms with Crippen LogP contribution in [0.4, 0.5) is 0 Å². The minimum Gasteiger partial charge on any atom is -0.458 e. The highest BCUT2D eigenvalue weighted by atomic mass is 79.9. The molecule has 0 spiro atoms. The van der Waals surface area contributed by atoms with Gasteiger partial charge in [0, 0.05) is 23.1 Å². The van der Waals surface area contributed by atoms with Crippen molar-refractivity contribution < 1.29 is 9.15 Å². The van der Waals surface area contributed by atoms with Crippen molar-refractivity contribution in [1.82, 2.24) is 5.32 Å². The van der Waals surface area contributed by atoms with E-state index in [0.717, 1.165) is 33.3 Å². The van der Waals surface area contributed by atoms with Crippen LogP contribution in [0.3, 0.4) is 0 Å². The maximum Gasteiger partial charge on any atom is 0.149 e. The zero-order valence-corrected chi connectivity index (χ0v) is 14.3. The van der Waals surface area contributed by atoms with Gasteiger partial charge in [0.05, 0.1) is 17.6 Å². The van der Waals surface area contributed by atoms with Crippen LogP contribution < -0.4 is 5.32 Å². The predicted molar refractivity (Wildman–Crippen MR) is 86.2 cm³/mol. The molecular formula is C15H19BrClNO2. The largest absolute Gasteiger partial charge is 0.458 e. The van der Waals surface area contributed by atoms with Crippen LogP contribution in [0.1, 0.15) is 25.2 Å². The Bertz CT molecular complexity index is 595. The number of halogens is 2. The molecule has 0 radical (unpaired) electrons. The average molecular weight is 361 g/mol. The van der Waals surface area contributed by atoms with Gasteiger partial charge in [-0.1, -0.05) is 25.4 Å². The smallest absolute Gasteiger partial charge is 0.149 e. The van der Waals surface area contributed by atoms with E-state index in [0.29, 0.717) is 24.1 Å². The molecule has 0 atom stereocenters. The Kier molecular flexibility index (Phi) is 5.49. The third kappa shape index (κ3) is 3.55. The molecule has 1 N–H and O–H groups in total. The Morgan fingerprint density at radius 1 is 1.40 bits per heavy atom. The summed E-state index contributed by atoms with van der Waals surface area (Å²) in [6, 6.07) is 3.76. The SMILES string of the molecule is COCc1c(CNCC(C)C)oc2c(Br)cc(Cl)cc12. The molecule has 0 fully saturated rings. The van der Waals surface area contributed by atoms with Gasteiger partial charge in [0.15, 0.2) is 0 Å². The van der Waals surface area contributed by atoms with Crippen molar-refractivity contribution in [3.8, 4) is 0 Å². The summed E-state index contributed by atoms with van der Waals surface area (Å²) in [5.74, 6) is 1.51. The fraction of sp³-hybridized carbons (Fsp3) is 0.467. The van der Waals surface area contributed by atoms with Crippen LogP contribution in [-0.2, 0) is 17.9 Å². The Labute approximate surface area is 132 Å². The summed E-state index contributed by atoms with van der Waals surface area (Å²) in [5.41, 5.74) is 1.88. The lowest BCUT2D eigenvalue weighted by Crippen LogP contribution is -2.19. The summed E-state index contributed by atoms with van der Waals surface area (Å²) < 4.78 is 12.1. The van der Waals surface area contributed by atoms with Crippen LogP contribution in [0.5, 0.6) is 0 Å². The second kappa shape index (κ2) is 6.94. The maximum absolute atomic E-state index is 6.12. The molecule has 1 aromatic carbocycles. The predicted octanol–water partition coefficient (Wildman–Crippen LogP) is 4.74. The zero-order chi connectivity index (χ0) is 14.7. The van der Waals surface area contributed by atoms with Gasteiger partial charge in [-0.25, -0.2) is 0 Å². The molecule has 2 aromatic rings.